The molecule has 3 heteroatoms. The average Bonchev–Trinajstić information content (AvgIpc) is 1.69. The third kappa shape index (κ3) is 1.08. The number of hydrogen-bond donors (Lipinski definition) is 1. The fourth-order valence-electron chi connectivity index (χ4n) is 0.396. The Balaban J connectivity index is 2.49. The molecule has 1 heterocycles. The van der Waals surface area contributed by atoms with Gasteiger partial charge in [0.05, 0.1) is 0 Å². The van der Waals surface area contributed by atoms with E-state index in [1.54, 1.807) is 12.4 Å². The third-order valence-corrected chi connectivity index (χ3v) is 0.688. The van der Waals surface area contributed by atoms with Gasteiger partial charge in [0.25, 0.3) is 0 Å². The number of aliphatic imine (C=N–C) groups is 2. The van der Waals surface area contributed by atoms with Crippen LogP contribution in [0.15, 0.2) is 9.98 Å². The van der Waals surface area contributed by atoms with Crippen molar-refractivity contribution >= 4 is 12.4 Å². The second kappa shape index (κ2) is 1.84. The van der Waals surface area contributed by atoms with E-state index in [9.17, 15) is 0 Å². The summed E-state index contributed by atoms with van der Waals surface area (Å²) in [7, 11) is 0. The van der Waals surface area contributed by atoms with Gasteiger partial charge < -0.3 is 5.11 Å². The molecule has 0 fully saturated rings. The van der Waals surface area contributed by atoms with Gasteiger partial charge in [-0.15, -0.1) is 0 Å². The van der Waals surface area contributed by atoms with E-state index in [0.29, 0.717) is 0 Å². The zero-order chi connectivity index (χ0) is 5.11. The van der Waals surface area contributed by atoms with Crippen molar-refractivity contribution in [1.82, 2.24) is 0 Å². The summed E-state index contributed by atoms with van der Waals surface area (Å²) in [5.41, 5.74) is 0. The van der Waals surface area contributed by atoms with Crippen LogP contribution in [0.1, 0.15) is 6.42 Å². The lowest BCUT2D eigenvalue weighted by Crippen LogP contribution is -2.03. The topological polar surface area (TPSA) is 45.0 Å². The summed E-state index contributed by atoms with van der Waals surface area (Å²) >= 11 is 0. The van der Waals surface area contributed by atoms with Crippen LogP contribution in [0, 0.1) is 0 Å². The summed E-state index contributed by atoms with van der Waals surface area (Å²) in [5, 5.41) is 8.51. The van der Waals surface area contributed by atoms with Gasteiger partial charge in [-0.1, -0.05) is 0 Å². The van der Waals surface area contributed by atoms with Crippen molar-refractivity contribution in [3.8, 4) is 0 Å². The van der Waals surface area contributed by atoms with Gasteiger partial charge in [-0.2, -0.15) is 0 Å². The molecular weight excluding hydrogens is 92.1 g/mol. The van der Waals surface area contributed by atoms with Crippen molar-refractivity contribution in [2.75, 3.05) is 0 Å². The minimum Gasteiger partial charge on any atom is -0.354 e. The molecule has 0 bridgehead atoms. The molecule has 0 aromatic rings. The highest BCUT2D eigenvalue weighted by atomic mass is 16.3. The second-order valence-electron chi connectivity index (χ2n) is 1.25. The van der Waals surface area contributed by atoms with Crippen LogP contribution < -0.4 is 0 Å². The maximum atomic E-state index is 8.51. The lowest BCUT2D eigenvalue weighted by molar-refractivity contribution is 0.195. The van der Waals surface area contributed by atoms with E-state index in [2.05, 4.69) is 9.98 Å². The molecule has 3 nitrogen and oxygen atoms in total. The highest BCUT2D eigenvalue weighted by molar-refractivity contribution is 5.80. The maximum absolute atomic E-state index is 8.51. The quantitative estimate of drug-likeness (QED) is 0.448. The zero-order valence-electron chi connectivity index (χ0n) is 3.78. The summed E-state index contributed by atoms with van der Waals surface area (Å²) in [6.45, 7) is 0. The van der Waals surface area contributed by atoms with Crippen molar-refractivity contribution < 1.29 is 5.11 Å². The summed E-state index contributed by atoms with van der Waals surface area (Å²) in [6, 6.07) is 0. The number of hydrogen-bond acceptors (Lipinski definition) is 3. The van der Waals surface area contributed by atoms with E-state index < -0.39 is 6.35 Å². The van der Waals surface area contributed by atoms with Gasteiger partial charge in [0.15, 0.2) is 0 Å². The van der Waals surface area contributed by atoms with Crippen LogP contribution in [0.25, 0.3) is 0 Å². The van der Waals surface area contributed by atoms with Crippen molar-refractivity contribution in [2.45, 2.75) is 12.8 Å². The first-order valence-electron chi connectivity index (χ1n) is 2.11. The van der Waals surface area contributed by atoms with Crippen molar-refractivity contribution in [2.24, 2.45) is 9.98 Å². The largest absolute Gasteiger partial charge is 0.354 e. The number of rotatable bonds is 0. The fourth-order valence-corrected chi connectivity index (χ4v) is 0.396. The molecule has 0 aliphatic carbocycles. The minimum absolute atomic E-state index is 0.747. The van der Waals surface area contributed by atoms with Gasteiger partial charge in [0, 0.05) is 18.9 Å². The number of aliphatic hydroxyl groups excluding tert-OH is 1. The summed E-state index contributed by atoms with van der Waals surface area (Å²) in [5.74, 6) is 0. The van der Waals surface area contributed by atoms with Crippen LogP contribution in [0.3, 0.4) is 0 Å². The van der Waals surface area contributed by atoms with E-state index >= 15 is 0 Å². The lowest BCUT2D eigenvalue weighted by Gasteiger charge is -1.98. The normalized spacial score (nSPS) is 20.7. The first-order chi connectivity index (χ1) is 3.39. The van der Waals surface area contributed by atoms with Crippen LogP contribution >= 0.6 is 0 Å². The Morgan fingerprint density at radius 2 is 2.00 bits per heavy atom. The standard InChI is InChI=1S/C4H6N2O/c7-4-5-2-1-3-6-4/h2-4,7H,1H2. The van der Waals surface area contributed by atoms with Crippen LogP contribution in [-0.2, 0) is 0 Å². The molecule has 0 spiro atoms. The SMILES string of the molecule is OC1N=CCC=N1. The van der Waals surface area contributed by atoms with Gasteiger partial charge in [0.2, 0.25) is 6.35 Å². The number of aliphatic hydroxyl groups is 1. The van der Waals surface area contributed by atoms with Crippen LogP contribution in [0.5, 0.6) is 0 Å². The first-order valence-corrected chi connectivity index (χ1v) is 2.11. The molecule has 1 aliphatic rings. The van der Waals surface area contributed by atoms with Gasteiger partial charge in [-0.25, -0.2) is 9.98 Å². The molecule has 0 atom stereocenters. The van der Waals surface area contributed by atoms with E-state index in [1.165, 1.54) is 0 Å². The van der Waals surface area contributed by atoms with Crippen LogP contribution in [-0.4, -0.2) is 23.9 Å². The third-order valence-electron chi connectivity index (χ3n) is 0.688. The number of nitrogens with zero attached hydrogens (tertiary/aromatic N) is 2. The monoisotopic (exact) mass is 98.0 g/mol. The Kier molecular flexibility index (Phi) is 1.17. The van der Waals surface area contributed by atoms with Gasteiger partial charge >= 0.3 is 0 Å². The lowest BCUT2D eigenvalue weighted by atomic mass is 10.5. The van der Waals surface area contributed by atoms with E-state index in [4.69, 9.17) is 5.11 Å². The Hall–Kier alpha value is -0.700. The van der Waals surface area contributed by atoms with Crippen molar-refractivity contribution in [1.29, 1.82) is 0 Å². The maximum Gasteiger partial charge on any atom is 0.242 e. The zero-order valence-corrected chi connectivity index (χ0v) is 3.78. The minimum atomic E-state index is -0.825. The highest BCUT2D eigenvalue weighted by Gasteiger charge is 1.93. The summed E-state index contributed by atoms with van der Waals surface area (Å²) in [6.07, 6.45) is 3.19. The second-order valence-corrected chi connectivity index (χ2v) is 1.25. The molecule has 0 saturated heterocycles. The Morgan fingerprint density at radius 3 is 2.29 bits per heavy atom. The molecule has 0 saturated carbocycles. The fraction of sp³-hybridized carbons (Fsp3) is 0.500. The predicted molar refractivity (Wildman–Crippen MR) is 27.6 cm³/mol. The predicted octanol–water partition coefficient (Wildman–Crippen LogP) is -0.192. The van der Waals surface area contributed by atoms with Crippen LogP contribution in [0.4, 0.5) is 0 Å². The van der Waals surface area contributed by atoms with Crippen LogP contribution in [0.2, 0.25) is 0 Å². The molecule has 1 N–H and O–H groups in total. The summed E-state index contributed by atoms with van der Waals surface area (Å²) < 4.78 is 0. The highest BCUT2D eigenvalue weighted by Crippen LogP contribution is 1.90. The average molecular weight is 98.1 g/mol. The molecule has 0 amide bonds. The van der Waals surface area contributed by atoms with Gasteiger partial charge in [0.1, 0.15) is 0 Å². The molecule has 0 unspecified atom stereocenters. The molecule has 1 aliphatic heterocycles. The van der Waals surface area contributed by atoms with Gasteiger partial charge in [-0.3, -0.25) is 0 Å². The summed E-state index contributed by atoms with van der Waals surface area (Å²) in [4.78, 5) is 7.12. The molecule has 1 rings (SSSR count). The molecule has 0 radical (unpaired) electrons. The Bertz CT molecular complexity index is 96.3. The smallest absolute Gasteiger partial charge is 0.242 e. The molecule has 38 valence electrons. The molecule has 0 aromatic heterocycles. The Morgan fingerprint density at radius 1 is 1.43 bits per heavy atom. The molecular formula is C4H6N2O. The van der Waals surface area contributed by atoms with E-state index in [0.717, 1.165) is 6.42 Å². The van der Waals surface area contributed by atoms with E-state index in [-0.39, 0.29) is 0 Å². The van der Waals surface area contributed by atoms with Crippen molar-refractivity contribution in [3.63, 3.8) is 0 Å². The first kappa shape index (κ1) is 4.46. The molecule has 0 aromatic carbocycles. The molecule has 7 heavy (non-hydrogen) atoms. The Labute approximate surface area is 41.4 Å². The van der Waals surface area contributed by atoms with Gasteiger partial charge in [-0.05, 0) is 0 Å². The van der Waals surface area contributed by atoms with Crippen molar-refractivity contribution in [3.05, 3.63) is 0 Å². The van der Waals surface area contributed by atoms with E-state index in [1.807, 2.05) is 0 Å².